The van der Waals surface area contributed by atoms with Crippen LogP contribution in [0, 0.1) is 25.2 Å². The normalized spacial score (nSPS) is 11.4. The Balaban J connectivity index is 2.64. The summed E-state index contributed by atoms with van der Waals surface area (Å²) in [5.74, 6) is 0. The lowest BCUT2D eigenvalue weighted by molar-refractivity contribution is 0.589. The minimum Gasteiger partial charge on any atom is -0.267 e. The van der Waals surface area contributed by atoms with Crippen molar-refractivity contribution in [3.8, 4) is 17.3 Å². The largest absolute Gasteiger partial charge is 0.267 e. The van der Waals surface area contributed by atoms with Crippen molar-refractivity contribution in [1.29, 1.82) is 5.26 Å². The third-order valence-corrected chi connectivity index (χ3v) is 3.65. The summed E-state index contributed by atoms with van der Waals surface area (Å²) in [5.41, 5.74) is 6.55. The first-order valence-corrected chi connectivity index (χ1v) is 6.80. The first-order valence-electron chi connectivity index (χ1n) is 6.80. The molecule has 104 valence electrons. The maximum atomic E-state index is 8.99. The summed E-state index contributed by atoms with van der Waals surface area (Å²) in [4.78, 5) is 0. The van der Waals surface area contributed by atoms with Gasteiger partial charge in [0.1, 0.15) is 6.07 Å². The molecular formula is C17H21N3. The fraction of sp³-hybridized carbons (Fsp3) is 0.412. The molecule has 0 unspecified atom stereocenters. The van der Waals surface area contributed by atoms with Gasteiger partial charge in [-0.05, 0) is 36.0 Å². The Hall–Kier alpha value is -2.08. The molecule has 2 aromatic rings. The Labute approximate surface area is 120 Å². The number of benzene rings is 1. The van der Waals surface area contributed by atoms with E-state index < -0.39 is 0 Å². The van der Waals surface area contributed by atoms with Crippen molar-refractivity contribution in [3.05, 3.63) is 40.6 Å². The smallest absolute Gasteiger partial charge is 0.163 e. The van der Waals surface area contributed by atoms with Crippen molar-refractivity contribution < 1.29 is 0 Å². The van der Waals surface area contributed by atoms with Crippen molar-refractivity contribution in [2.24, 2.45) is 7.05 Å². The van der Waals surface area contributed by atoms with Gasteiger partial charge < -0.3 is 0 Å². The predicted octanol–water partition coefficient (Wildman–Crippen LogP) is 3.87. The summed E-state index contributed by atoms with van der Waals surface area (Å²) >= 11 is 0. The molecule has 0 N–H and O–H groups in total. The Morgan fingerprint density at radius 3 is 2.05 bits per heavy atom. The van der Waals surface area contributed by atoms with Crippen LogP contribution in [-0.4, -0.2) is 9.78 Å². The average molecular weight is 267 g/mol. The van der Waals surface area contributed by atoms with Gasteiger partial charge in [-0.2, -0.15) is 10.4 Å². The van der Waals surface area contributed by atoms with Crippen LogP contribution in [0.3, 0.4) is 0 Å². The standard InChI is InChI=1S/C17H21N3/c1-11-7-13(17(3,4)5)8-12(2)16(11)15-9-14(10-18)19-20(15)6/h7-9H,1-6H3. The third kappa shape index (κ3) is 2.46. The topological polar surface area (TPSA) is 41.6 Å². The van der Waals surface area contributed by atoms with Crippen LogP contribution in [0.15, 0.2) is 18.2 Å². The number of aromatic nitrogens is 2. The van der Waals surface area contributed by atoms with Gasteiger partial charge in [-0.1, -0.05) is 32.9 Å². The van der Waals surface area contributed by atoms with Crippen LogP contribution < -0.4 is 0 Å². The molecule has 1 aromatic carbocycles. The highest BCUT2D eigenvalue weighted by molar-refractivity contribution is 5.69. The van der Waals surface area contributed by atoms with Gasteiger partial charge in [0, 0.05) is 18.7 Å². The van der Waals surface area contributed by atoms with E-state index in [9.17, 15) is 0 Å². The molecule has 0 saturated heterocycles. The summed E-state index contributed by atoms with van der Waals surface area (Å²) in [6, 6.07) is 8.43. The number of aryl methyl sites for hydroxylation is 3. The zero-order valence-electron chi connectivity index (χ0n) is 13.1. The summed E-state index contributed by atoms with van der Waals surface area (Å²) in [5, 5.41) is 13.2. The van der Waals surface area contributed by atoms with Gasteiger partial charge in [-0.15, -0.1) is 0 Å². The second-order valence-corrected chi connectivity index (χ2v) is 6.39. The van der Waals surface area contributed by atoms with E-state index in [2.05, 4.69) is 57.9 Å². The van der Waals surface area contributed by atoms with E-state index in [1.807, 2.05) is 13.1 Å². The lowest BCUT2D eigenvalue weighted by atomic mass is 9.83. The summed E-state index contributed by atoms with van der Waals surface area (Å²) in [7, 11) is 1.88. The molecule has 0 fully saturated rings. The van der Waals surface area contributed by atoms with Gasteiger partial charge in [0.2, 0.25) is 0 Å². The molecule has 3 heteroatoms. The summed E-state index contributed by atoms with van der Waals surface area (Å²) in [6.45, 7) is 10.9. The molecule has 0 aliphatic carbocycles. The Morgan fingerprint density at radius 2 is 1.65 bits per heavy atom. The van der Waals surface area contributed by atoms with E-state index in [1.165, 1.54) is 22.3 Å². The molecular weight excluding hydrogens is 246 g/mol. The fourth-order valence-electron chi connectivity index (χ4n) is 2.56. The molecule has 0 aliphatic rings. The van der Waals surface area contributed by atoms with Crippen LogP contribution in [-0.2, 0) is 12.5 Å². The van der Waals surface area contributed by atoms with Gasteiger partial charge in [0.15, 0.2) is 5.69 Å². The van der Waals surface area contributed by atoms with E-state index in [1.54, 1.807) is 4.68 Å². The van der Waals surface area contributed by atoms with Crippen molar-refractivity contribution in [1.82, 2.24) is 9.78 Å². The molecule has 0 aliphatic heterocycles. The maximum absolute atomic E-state index is 8.99. The molecule has 0 atom stereocenters. The molecule has 0 bridgehead atoms. The third-order valence-electron chi connectivity index (χ3n) is 3.65. The van der Waals surface area contributed by atoms with Crippen molar-refractivity contribution >= 4 is 0 Å². The van der Waals surface area contributed by atoms with E-state index in [-0.39, 0.29) is 5.41 Å². The van der Waals surface area contributed by atoms with Gasteiger partial charge >= 0.3 is 0 Å². The van der Waals surface area contributed by atoms with Crippen LogP contribution >= 0.6 is 0 Å². The zero-order valence-corrected chi connectivity index (χ0v) is 13.1. The van der Waals surface area contributed by atoms with Crippen LogP contribution in [0.2, 0.25) is 0 Å². The molecule has 0 amide bonds. The van der Waals surface area contributed by atoms with E-state index in [4.69, 9.17) is 5.26 Å². The molecule has 1 heterocycles. The zero-order chi connectivity index (χ0) is 15.1. The summed E-state index contributed by atoms with van der Waals surface area (Å²) in [6.07, 6.45) is 0. The van der Waals surface area contributed by atoms with Gasteiger partial charge in [0.25, 0.3) is 0 Å². The number of nitriles is 1. The maximum Gasteiger partial charge on any atom is 0.163 e. The van der Waals surface area contributed by atoms with Crippen LogP contribution in [0.1, 0.15) is 43.2 Å². The highest BCUT2D eigenvalue weighted by atomic mass is 15.3. The molecule has 0 radical (unpaired) electrons. The van der Waals surface area contributed by atoms with Gasteiger partial charge in [0.05, 0.1) is 5.69 Å². The minimum absolute atomic E-state index is 0.137. The fourth-order valence-corrected chi connectivity index (χ4v) is 2.56. The van der Waals surface area contributed by atoms with E-state index >= 15 is 0 Å². The predicted molar refractivity (Wildman–Crippen MR) is 81.5 cm³/mol. The van der Waals surface area contributed by atoms with Crippen LogP contribution in [0.5, 0.6) is 0 Å². The average Bonchev–Trinajstić information content (AvgIpc) is 2.69. The van der Waals surface area contributed by atoms with Crippen molar-refractivity contribution in [2.45, 2.75) is 40.0 Å². The molecule has 0 spiro atoms. The lowest BCUT2D eigenvalue weighted by Gasteiger charge is -2.22. The summed E-state index contributed by atoms with van der Waals surface area (Å²) < 4.78 is 1.78. The van der Waals surface area contributed by atoms with Crippen LogP contribution in [0.4, 0.5) is 0 Å². The molecule has 2 rings (SSSR count). The number of hydrogen-bond acceptors (Lipinski definition) is 2. The highest BCUT2D eigenvalue weighted by Gasteiger charge is 2.18. The van der Waals surface area contributed by atoms with Crippen molar-refractivity contribution in [3.63, 3.8) is 0 Å². The second kappa shape index (κ2) is 4.79. The van der Waals surface area contributed by atoms with Crippen molar-refractivity contribution in [2.75, 3.05) is 0 Å². The monoisotopic (exact) mass is 267 g/mol. The highest BCUT2D eigenvalue weighted by Crippen LogP contribution is 2.32. The SMILES string of the molecule is Cc1cc(C(C)(C)C)cc(C)c1-c1cc(C#N)nn1C. The minimum atomic E-state index is 0.137. The first-order chi connectivity index (χ1) is 9.24. The number of rotatable bonds is 1. The Kier molecular flexibility index (Phi) is 3.43. The Morgan fingerprint density at radius 1 is 1.10 bits per heavy atom. The second-order valence-electron chi connectivity index (χ2n) is 6.39. The van der Waals surface area contributed by atoms with E-state index in [0.717, 1.165) is 5.69 Å². The molecule has 20 heavy (non-hydrogen) atoms. The Bertz CT molecular complexity index is 671. The number of hydrogen-bond donors (Lipinski definition) is 0. The first kappa shape index (κ1) is 14.3. The number of nitrogens with zero attached hydrogens (tertiary/aromatic N) is 3. The van der Waals surface area contributed by atoms with Crippen LogP contribution in [0.25, 0.3) is 11.3 Å². The quantitative estimate of drug-likeness (QED) is 0.787. The molecule has 1 aromatic heterocycles. The lowest BCUT2D eigenvalue weighted by Crippen LogP contribution is -2.12. The molecule has 3 nitrogen and oxygen atoms in total. The van der Waals surface area contributed by atoms with E-state index in [0.29, 0.717) is 5.69 Å². The van der Waals surface area contributed by atoms with Gasteiger partial charge in [-0.3, -0.25) is 4.68 Å². The molecule has 0 saturated carbocycles. The van der Waals surface area contributed by atoms with Gasteiger partial charge in [-0.25, -0.2) is 0 Å².